The molecule has 2 aromatic carbocycles. The first kappa shape index (κ1) is 25.9. The minimum Gasteiger partial charge on any atom is -0.359 e. The summed E-state index contributed by atoms with van der Waals surface area (Å²) in [5.74, 6) is 0.654. The highest BCUT2D eigenvalue weighted by Gasteiger charge is 2.16. The van der Waals surface area contributed by atoms with Gasteiger partial charge in [-0.05, 0) is 72.4 Å². The van der Waals surface area contributed by atoms with Gasteiger partial charge in [-0.25, -0.2) is 9.37 Å². The van der Waals surface area contributed by atoms with E-state index in [0.717, 1.165) is 50.9 Å². The molecule has 7 heteroatoms. The Morgan fingerprint density at radius 2 is 2.00 bits per heavy atom. The van der Waals surface area contributed by atoms with E-state index in [1.165, 1.54) is 12.1 Å². The third kappa shape index (κ3) is 5.16. The predicted octanol–water partition coefficient (Wildman–Crippen LogP) is 7.93. The monoisotopic (exact) mass is 518 g/mol. The minimum atomic E-state index is -0.307. The Balaban J connectivity index is 1.54. The van der Waals surface area contributed by atoms with Crippen LogP contribution in [0, 0.1) is 11.7 Å². The van der Waals surface area contributed by atoms with Crippen LogP contribution < -0.4 is 5.32 Å². The van der Waals surface area contributed by atoms with Gasteiger partial charge in [0.1, 0.15) is 11.5 Å². The number of aromatic nitrogens is 5. The molecule has 0 aliphatic carbocycles. The molecule has 0 spiro atoms. The predicted molar refractivity (Wildman–Crippen MR) is 158 cm³/mol. The minimum absolute atomic E-state index is 0.307. The average molecular weight is 519 g/mol. The van der Waals surface area contributed by atoms with Gasteiger partial charge < -0.3 is 10.3 Å². The molecule has 5 aromatic rings. The van der Waals surface area contributed by atoms with Crippen molar-refractivity contribution < 1.29 is 4.39 Å². The van der Waals surface area contributed by atoms with Crippen LogP contribution in [0.1, 0.15) is 32.8 Å². The van der Waals surface area contributed by atoms with Gasteiger partial charge in [-0.3, -0.25) is 10.1 Å². The Morgan fingerprint density at radius 1 is 1.15 bits per heavy atom. The van der Waals surface area contributed by atoms with Crippen molar-refractivity contribution >= 4 is 27.5 Å². The van der Waals surface area contributed by atoms with E-state index >= 15 is 0 Å². The van der Waals surface area contributed by atoms with Crippen LogP contribution in [0.15, 0.2) is 97.6 Å². The summed E-state index contributed by atoms with van der Waals surface area (Å²) >= 11 is 0. The zero-order valence-electron chi connectivity index (χ0n) is 22.3. The molecule has 0 fully saturated rings. The summed E-state index contributed by atoms with van der Waals surface area (Å²) in [6.07, 6.45) is 10.4. The van der Waals surface area contributed by atoms with E-state index < -0.39 is 0 Å². The second-order valence-electron chi connectivity index (χ2n) is 9.52. The fraction of sp³-hybridized carbons (Fsp3) is 0.156. The molecular formula is C32H31FN6. The van der Waals surface area contributed by atoms with Crippen molar-refractivity contribution in [3.05, 3.63) is 109 Å². The topological polar surface area (TPSA) is 82.3 Å². The number of H-pyrrole nitrogens is 2. The average Bonchev–Trinajstić information content (AvgIpc) is 3.58. The summed E-state index contributed by atoms with van der Waals surface area (Å²) < 4.78 is 13.9. The lowest BCUT2D eigenvalue weighted by atomic mass is 10.0. The molecule has 1 unspecified atom stereocenters. The van der Waals surface area contributed by atoms with Crippen LogP contribution in [0.3, 0.4) is 0 Å². The number of aromatic amines is 2. The molecule has 0 saturated heterocycles. The van der Waals surface area contributed by atoms with Crippen LogP contribution in [0.4, 0.5) is 4.39 Å². The third-order valence-corrected chi connectivity index (χ3v) is 7.00. The van der Waals surface area contributed by atoms with Crippen LogP contribution in [-0.2, 0) is 0 Å². The summed E-state index contributed by atoms with van der Waals surface area (Å²) in [7, 11) is 0. The molecule has 0 bridgehead atoms. The van der Waals surface area contributed by atoms with Gasteiger partial charge in [-0.15, -0.1) is 0 Å². The number of allylic oxidation sites excluding steroid dienone is 5. The largest absolute Gasteiger partial charge is 0.359 e. The van der Waals surface area contributed by atoms with E-state index in [4.69, 9.17) is 4.98 Å². The highest BCUT2D eigenvalue weighted by Crippen LogP contribution is 2.32. The summed E-state index contributed by atoms with van der Waals surface area (Å²) in [4.78, 5) is 12.6. The van der Waals surface area contributed by atoms with E-state index in [2.05, 4.69) is 76.8 Å². The second kappa shape index (κ2) is 10.9. The fourth-order valence-electron chi connectivity index (χ4n) is 4.49. The molecule has 0 aliphatic heterocycles. The Hall–Kier alpha value is -4.78. The molecule has 0 amide bonds. The number of halogens is 1. The number of fused-ring (bicyclic) bond motifs is 2. The molecule has 6 nitrogen and oxygen atoms in total. The zero-order valence-corrected chi connectivity index (χ0v) is 22.3. The Bertz CT molecular complexity index is 1750. The summed E-state index contributed by atoms with van der Waals surface area (Å²) in [6.45, 7) is 14.5. The quantitative estimate of drug-likeness (QED) is 0.173. The number of hydrogen-bond donors (Lipinski definition) is 3. The number of imidazole rings is 1. The van der Waals surface area contributed by atoms with E-state index in [-0.39, 0.29) is 5.82 Å². The van der Waals surface area contributed by atoms with Crippen LogP contribution in [0.2, 0.25) is 0 Å². The number of pyridine rings is 1. The second-order valence-corrected chi connectivity index (χ2v) is 9.52. The molecule has 0 aliphatic rings. The first-order valence-electron chi connectivity index (χ1n) is 13.0. The molecule has 3 aromatic heterocycles. The third-order valence-electron chi connectivity index (χ3n) is 7.00. The van der Waals surface area contributed by atoms with Crippen molar-refractivity contribution in [1.29, 1.82) is 0 Å². The van der Waals surface area contributed by atoms with E-state index in [1.54, 1.807) is 24.5 Å². The van der Waals surface area contributed by atoms with Gasteiger partial charge in [0, 0.05) is 28.5 Å². The molecule has 3 heterocycles. The standard InChI is InChI=1S/C32H31FN6/c1-6-19(4)20(5)35-25(8-3)15-21(7-2)22-12-13-28-26(16-22)31(39-38-28)32-36-29-18-34-17-27(30(29)37-32)23-10-9-11-24(33)14-23/h7-19,35H,3,5-6H2,1-2,4H3,(H,36,37)(H,38,39)/b21-7+,25-15+. The zero-order chi connectivity index (χ0) is 27.5. The normalized spacial score (nSPS) is 13.1. The van der Waals surface area contributed by atoms with Gasteiger partial charge in [-0.1, -0.05) is 51.3 Å². The lowest BCUT2D eigenvalue weighted by Gasteiger charge is -2.16. The summed E-state index contributed by atoms with van der Waals surface area (Å²) in [5.41, 5.74) is 8.42. The maximum atomic E-state index is 13.9. The number of nitrogens with zero attached hydrogens (tertiary/aromatic N) is 3. The van der Waals surface area contributed by atoms with Crippen LogP contribution >= 0.6 is 0 Å². The van der Waals surface area contributed by atoms with Gasteiger partial charge in [0.05, 0.1) is 22.7 Å². The van der Waals surface area contributed by atoms with Crippen LogP contribution in [0.25, 0.3) is 50.2 Å². The first-order valence-corrected chi connectivity index (χ1v) is 13.0. The van der Waals surface area contributed by atoms with Crippen molar-refractivity contribution in [2.45, 2.75) is 27.2 Å². The van der Waals surface area contributed by atoms with Crippen LogP contribution in [0.5, 0.6) is 0 Å². The summed E-state index contributed by atoms with van der Waals surface area (Å²) in [6, 6.07) is 12.6. The molecule has 5 rings (SSSR count). The van der Waals surface area contributed by atoms with Crippen LogP contribution in [-0.4, -0.2) is 25.1 Å². The molecule has 1 atom stereocenters. The number of hydrogen-bond acceptors (Lipinski definition) is 4. The molecule has 0 radical (unpaired) electrons. The molecule has 39 heavy (non-hydrogen) atoms. The highest BCUT2D eigenvalue weighted by atomic mass is 19.1. The molecule has 3 N–H and O–H groups in total. The van der Waals surface area contributed by atoms with Gasteiger partial charge in [-0.2, -0.15) is 5.10 Å². The van der Waals surface area contributed by atoms with Gasteiger partial charge in [0.2, 0.25) is 0 Å². The van der Waals surface area contributed by atoms with E-state index in [9.17, 15) is 4.39 Å². The molecular weight excluding hydrogens is 487 g/mol. The number of nitrogens with one attached hydrogen (secondary N) is 3. The van der Waals surface area contributed by atoms with Crippen molar-refractivity contribution in [3.63, 3.8) is 0 Å². The fourth-order valence-corrected chi connectivity index (χ4v) is 4.49. The van der Waals surface area contributed by atoms with Gasteiger partial charge in [0.15, 0.2) is 5.82 Å². The Labute approximate surface area is 227 Å². The summed E-state index contributed by atoms with van der Waals surface area (Å²) in [5, 5.41) is 12.0. The van der Waals surface area contributed by atoms with Gasteiger partial charge in [0.25, 0.3) is 0 Å². The van der Waals surface area contributed by atoms with Crippen molar-refractivity contribution in [2.75, 3.05) is 0 Å². The highest BCUT2D eigenvalue weighted by molar-refractivity contribution is 5.98. The van der Waals surface area contributed by atoms with Gasteiger partial charge >= 0.3 is 0 Å². The lowest BCUT2D eigenvalue weighted by molar-refractivity contribution is 0.619. The lowest BCUT2D eigenvalue weighted by Crippen LogP contribution is -2.16. The smallest absolute Gasteiger partial charge is 0.159 e. The van der Waals surface area contributed by atoms with E-state index in [0.29, 0.717) is 28.5 Å². The number of benzene rings is 2. The molecule has 0 saturated carbocycles. The first-order chi connectivity index (χ1) is 18.9. The van der Waals surface area contributed by atoms with Crippen molar-refractivity contribution in [1.82, 2.24) is 30.5 Å². The van der Waals surface area contributed by atoms with Crippen molar-refractivity contribution in [2.24, 2.45) is 5.92 Å². The Morgan fingerprint density at radius 3 is 2.74 bits per heavy atom. The SMILES string of the molecule is C=C/C(=C\C(=C/C)c1ccc2[nH]nc(-c3nc4c(-c5cccc(F)c5)cncc4[nH]3)c2c1)NC(=C)C(C)CC. The Kier molecular flexibility index (Phi) is 7.23. The maximum absolute atomic E-state index is 13.9. The van der Waals surface area contributed by atoms with Crippen molar-refractivity contribution in [3.8, 4) is 22.6 Å². The number of rotatable bonds is 9. The molecule has 196 valence electrons. The maximum Gasteiger partial charge on any atom is 0.159 e. The van der Waals surface area contributed by atoms with E-state index in [1.807, 2.05) is 19.1 Å².